The maximum absolute atomic E-state index is 13.6. The predicted octanol–water partition coefficient (Wildman–Crippen LogP) is 5.19. The molecule has 0 saturated heterocycles. The molecule has 33 heavy (non-hydrogen) atoms. The van der Waals surface area contributed by atoms with Gasteiger partial charge in [0.2, 0.25) is 0 Å². The number of aromatic nitrogens is 3. The van der Waals surface area contributed by atoms with E-state index in [1.807, 2.05) is 0 Å². The summed E-state index contributed by atoms with van der Waals surface area (Å²) in [5, 5.41) is 14.0. The summed E-state index contributed by atoms with van der Waals surface area (Å²) in [6.07, 6.45) is 8.33. The molecule has 0 bridgehead atoms. The maximum Gasteiger partial charge on any atom is 0.267 e. The Morgan fingerprint density at radius 3 is 2.64 bits per heavy atom. The van der Waals surface area contributed by atoms with Crippen molar-refractivity contribution >= 4 is 28.2 Å². The van der Waals surface area contributed by atoms with Crippen LogP contribution in [0.3, 0.4) is 0 Å². The Hall–Kier alpha value is -4.07. The van der Waals surface area contributed by atoms with Crippen molar-refractivity contribution in [3.63, 3.8) is 0 Å². The molecule has 8 heteroatoms. The lowest BCUT2D eigenvalue weighted by Crippen LogP contribution is -2.12. The Bertz CT molecular complexity index is 1160. The normalized spacial score (nSPS) is 11.5. The Labute approximate surface area is 192 Å². The van der Waals surface area contributed by atoms with Gasteiger partial charge in [-0.15, -0.1) is 0 Å². The Kier molecular flexibility index (Phi) is 9.70. The van der Waals surface area contributed by atoms with Crippen LogP contribution in [0, 0.1) is 5.82 Å². The molecule has 3 rings (SSSR count). The number of hydrogen-bond donors (Lipinski definition) is 3. The third-order valence-electron chi connectivity index (χ3n) is 4.47. The molecule has 0 fully saturated rings. The van der Waals surface area contributed by atoms with Crippen LogP contribution >= 0.6 is 0 Å². The van der Waals surface area contributed by atoms with Crippen LogP contribution in [0.25, 0.3) is 16.5 Å². The van der Waals surface area contributed by atoms with E-state index in [0.29, 0.717) is 33.8 Å². The molecular formula is C25H28FN5O2. The number of pyridine rings is 1. The third kappa shape index (κ3) is 7.24. The quantitative estimate of drug-likeness (QED) is 0.248. The molecule has 0 aliphatic heterocycles. The minimum absolute atomic E-state index is 0.0656. The number of allylic oxidation sites excluding steroid dienone is 4. The first-order chi connectivity index (χ1) is 15.9. The molecule has 4 N–H and O–H groups in total. The molecule has 0 unspecified atom stereocenters. The second kappa shape index (κ2) is 12.7. The lowest BCUT2D eigenvalue weighted by atomic mass is 10.1. The number of rotatable bonds is 8. The molecule has 2 aromatic heterocycles. The third-order valence-corrected chi connectivity index (χ3v) is 4.47. The smallest absolute Gasteiger partial charge is 0.267 e. The first-order valence-corrected chi connectivity index (χ1v) is 10.5. The first-order valence-electron chi connectivity index (χ1n) is 10.5. The lowest BCUT2D eigenvalue weighted by molar-refractivity contribution is 0.0995. The molecule has 1 amide bonds. The fourth-order valence-corrected chi connectivity index (χ4v) is 2.80. The first kappa shape index (κ1) is 25.2. The van der Waals surface area contributed by atoms with Gasteiger partial charge in [-0.05, 0) is 55.8 Å². The van der Waals surface area contributed by atoms with Crippen LogP contribution in [0.15, 0.2) is 73.2 Å². The number of halogens is 1. The zero-order valence-corrected chi connectivity index (χ0v) is 18.8. The summed E-state index contributed by atoms with van der Waals surface area (Å²) in [5.74, 6) is 0.160. The van der Waals surface area contributed by atoms with Gasteiger partial charge in [0, 0.05) is 18.1 Å². The van der Waals surface area contributed by atoms with Crippen LogP contribution in [0.1, 0.15) is 43.0 Å². The average Bonchev–Trinajstić information content (AvgIpc) is 2.83. The maximum atomic E-state index is 13.6. The van der Waals surface area contributed by atoms with E-state index in [-0.39, 0.29) is 11.6 Å². The van der Waals surface area contributed by atoms with E-state index >= 15 is 0 Å². The highest BCUT2D eigenvalue weighted by molar-refractivity contribution is 5.91. The summed E-state index contributed by atoms with van der Waals surface area (Å²) in [4.78, 5) is 23.0. The van der Waals surface area contributed by atoms with Crippen molar-refractivity contribution in [2.75, 3.05) is 11.9 Å². The number of primary amides is 1. The van der Waals surface area contributed by atoms with Gasteiger partial charge in [-0.3, -0.25) is 9.78 Å². The SMILES string of the molecule is C=C/C=C(\C(O)=C/C)c1nc(NCCCC)c2cc(F)ccc2n1.NC(=O)c1ccccn1. The van der Waals surface area contributed by atoms with E-state index in [2.05, 4.69) is 33.8 Å². The minimum atomic E-state index is -0.490. The fraction of sp³-hybridized carbons (Fsp3) is 0.200. The van der Waals surface area contributed by atoms with Crippen molar-refractivity contribution in [3.05, 3.63) is 90.5 Å². The van der Waals surface area contributed by atoms with Crippen LogP contribution in [0.2, 0.25) is 0 Å². The average molecular weight is 450 g/mol. The number of anilines is 1. The summed E-state index contributed by atoms with van der Waals surface area (Å²) in [5.41, 5.74) is 6.30. The predicted molar refractivity (Wildman–Crippen MR) is 130 cm³/mol. The van der Waals surface area contributed by atoms with E-state index in [9.17, 15) is 14.3 Å². The molecule has 2 heterocycles. The number of unbranched alkanes of at least 4 members (excludes halogenated alkanes) is 1. The van der Waals surface area contributed by atoms with Crippen LogP contribution in [0.5, 0.6) is 0 Å². The summed E-state index contributed by atoms with van der Waals surface area (Å²) < 4.78 is 13.6. The molecular weight excluding hydrogens is 421 g/mol. The number of nitrogens with two attached hydrogens (primary N) is 1. The zero-order chi connectivity index (χ0) is 24.2. The van der Waals surface area contributed by atoms with Gasteiger partial charge in [0.05, 0.1) is 11.1 Å². The number of carbonyl (C=O) groups is 1. The van der Waals surface area contributed by atoms with Crippen molar-refractivity contribution in [2.45, 2.75) is 26.7 Å². The number of hydrogen-bond acceptors (Lipinski definition) is 6. The number of aliphatic hydroxyl groups is 1. The van der Waals surface area contributed by atoms with Crippen molar-refractivity contribution in [1.29, 1.82) is 0 Å². The summed E-state index contributed by atoms with van der Waals surface area (Å²) in [7, 11) is 0. The second-order valence-corrected chi connectivity index (χ2v) is 6.91. The largest absolute Gasteiger partial charge is 0.508 e. The van der Waals surface area contributed by atoms with Crippen molar-refractivity contribution < 1.29 is 14.3 Å². The molecule has 172 valence electrons. The number of nitrogens with zero attached hydrogens (tertiary/aromatic N) is 3. The highest BCUT2D eigenvalue weighted by Crippen LogP contribution is 2.26. The molecule has 1 aromatic carbocycles. The monoisotopic (exact) mass is 449 g/mol. The van der Waals surface area contributed by atoms with Gasteiger partial charge >= 0.3 is 0 Å². The van der Waals surface area contributed by atoms with Crippen LogP contribution in [-0.4, -0.2) is 32.5 Å². The van der Waals surface area contributed by atoms with Gasteiger partial charge < -0.3 is 16.2 Å². The Balaban J connectivity index is 0.000000357. The number of aliphatic hydroxyl groups excluding tert-OH is 1. The van der Waals surface area contributed by atoms with Gasteiger partial charge in [0.25, 0.3) is 5.91 Å². The van der Waals surface area contributed by atoms with Gasteiger partial charge in [-0.2, -0.15) is 0 Å². The fourth-order valence-electron chi connectivity index (χ4n) is 2.80. The molecule has 7 nitrogen and oxygen atoms in total. The van der Waals surface area contributed by atoms with E-state index < -0.39 is 5.91 Å². The molecule has 0 spiro atoms. The van der Waals surface area contributed by atoms with Crippen LogP contribution in [0.4, 0.5) is 10.2 Å². The minimum Gasteiger partial charge on any atom is -0.508 e. The summed E-state index contributed by atoms with van der Waals surface area (Å²) in [6.45, 7) is 8.22. The molecule has 0 radical (unpaired) electrons. The topological polar surface area (TPSA) is 114 Å². The standard InChI is InChI=1S/C19H22FN3O.C6H6N2O/c1-4-7-11-21-18-15-12-13(20)9-10-16(15)22-19(23-18)14(8-5-2)17(24)6-3;7-6(9)5-3-1-2-4-8-5/h5-6,8-10,12,24H,2,4,7,11H2,1,3H3,(H,21,22,23);1-4H,(H2,7,9)/b14-8+,17-6+;. The van der Waals surface area contributed by atoms with E-state index in [1.54, 1.807) is 49.4 Å². The molecule has 3 aromatic rings. The summed E-state index contributed by atoms with van der Waals surface area (Å²) >= 11 is 0. The van der Waals surface area contributed by atoms with E-state index in [0.717, 1.165) is 19.4 Å². The second-order valence-electron chi connectivity index (χ2n) is 6.91. The molecule has 0 atom stereocenters. The van der Waals surface area contributed by atoms with Crippen LogP contribution in [-0.2, 0) is 0 Å². The Morgan fingerprint density at radius 2 is 2.06 bits per heavy atom. The number of nitrogens with one attached hydrogen (secondary N) is 1. The summed E-state index contributed by atoms with van der Waals surface area (Å²) in [6, 6.07) is 9.40. The van der Waals surface area contributed by atoms with Crippen molar-refractivity contribution in [3.8, 4) is 0 Å². The number of benzene rings is 1. The van der Waals surface area contributed by atoms with Gasteiger partial charge in [-0.1, -0.05) is 32.1 Å². The molecule has 0 aliphatic rings. The Morgan fingerprint density at radius 1 is 1.27 bits per heavy atom. The van der Waals surface area contributed by atoms with E-state index in [1.165, 1.54) is 18.3 Å². The van der Waals surface area contributed by atoms with E-state index in [4.69, 9.17) is 5.73 Å². The number of fused-ring (bicyclic) bond motifs is 1. The molecule has 0 aliphatic carbocycles. The highest BCUT2D eigenvalue weighted by Gasteiger charge is 2.14. The lowest BCUT2D eigenvalue weighted by Gasteiger charge is -2.12. The van der Waals surface area contributed by atoms with Gasteiger partial charge in [0.1, 0.15) is 23.1 Å². The number of carbonyl (C=O) groups excluding carboxylic acids is 1. The highest BCUT2D eigenvalue weighted by atomic mass is 19.1. The number of amides is 1. The molecule has 0 saturated carbocycles. The van der Waals surface area contributed by atoms with Crippen molar-refractivity contribution in [1.82, 2.24) is 15.0 Å². The van der Waals surface area contributed by atoms with Crippen LogP contribution < -0.4 is 11.1 Å². The van der Waals surface area contributed by atoms with Gasteiger partial charge in [0.15, 0.2) is 5.82 Å². The van der Waals surface area contributed by atoms with Crippen molar-refractivity contribution in [2.24, 2.45) is 5.73 Å². The zero-order valence-electron chi connectivity index (χ0n) is 18.8. The van der Waals surface area contributed by atoms with Gasteiger partial charge in [-0.25, -0.2) is 14.4 Å².